The smallest absolute Gasteiger partial charge is 0.141 e. The second-order valence-corrected chi connectivity index (χ2v) is 4.46. The Morgan fingerprint density at radius 2 is 2.44 bits per heavy atom. The van der Waals surface area contributed by atoms with Crippen LogP contribution in [0.1, 0.15) is 25.5 Å². The molecule has 1 atom stereocenters. The maximum absolute atomic E-state index is 7.42. The van der Waals surface area contributed by atoms with E-state index in [2.05, 4.69) is 9.88 Å². The van der Waals surface area contributed by atoms with Gasteiger partial charge in [0.05, 0.1) is 6.10 Å². The fourth-order valence-corrected chi connectivity index (χ4v) is 2.27. The van der Waals surface area contributed by atoms with E-state index < -0.39 is 0 Å². The van der Waals surface area contributed by atoms with Crippen LogP contribution < -0.4 is 10.6 Å². The molecule has 18 heavy (non-hydrogen) atoms. The molecule has 1 unspecified atom stereocenters. The third-order valence-electron chi connectivity index (χ3n) is 3.11. The average molecular weight is 248 g/mol. The first-order valence-corrected chi connectivity index (χ1v) is 6.38. The van der Waals surface area contributed by atoms with Crippen LogP contribution in [0.5, 0.6) is 0 Å². The zero-order chi connectivity index (χ0) is 13.0. The van der Waals surface area contributed by atoms with Gasteiger partial charge in [-0.15, -0.1) is 0 Å². The Kier molecular flexibility index (Phi) is 4.15. The Hall–Kier alpha value is -1.62. The molecule has 1 aliphatic heterocycles. The van der Waals surface area contributed by atoms with E-state index >= 15 is 0 Å². The van der Waals surface area contributed by atoms with Crippen molar-refractivity contribution in [3.05, 3.63) is 23.9 Å². The van der Waals surface area contributed by atoms with Gasteiger partial charge in [-0.3, -0.25) is 5.41 Å². The second kappa shape index (κ2) is 5.82. The number of piperidine rings is 1. The summed E-state index contributed by atoms with van der Waals surface area (Å²) in [7, 11) is 0. The molecule has 1 aliphatic rings. The molecule has 0 spiro atoms. The maximum atomic E-state index is 7.42. The highest BCUT2D eigenvalue weighted by Gasteiger charge is 2.21. The molecular formula is C13H20N4O. The first kappa shape index (κ1) is 12.8. The standard InChI is InChI=1S/C13H20N4O/c1-2-18-10-5-4-8-17(9-10)12-7-3-6-11(16-12)13(14)15/h3,6-7,10H,2,4-5,8-9H2,1H3,(H3,14,15). The van der Waals surface area contributed by atoms with Gasteiger partial charge in [0.2, 0.25) is 0 Å². The number of nitrogens with one attached hydrogen (secondary N) is 1. The lowest BCUT2D eigenvalue weighted by molar-refractivity contribution is 0.0525. The molecule has 0 amide bonds. The molecule has 2 rings (SSSR count). The number of hydrogen-bond donors (Lipinski definition) is 2. The first-order valence-electron chi connectivity index (χ1n) is 6.38. The number of nitrogen functional groups attached to an aromatic ring is 1. The highest BCUT2D eigenvalue weighted by atomic mass is 16.5. The summed E-state index contributed by atoms with van der Waals surface area (Å²) < 4.78 is 5.68. The Labute approximate surface area is 107 Å². The van der Waals surface area contributed by atoms with Crippen LogP contribution in [0.4, 0.5) is 5.82 Å². The zero-order valence-corrected chi connectivity index (χ0v) is 10.7. The van der Waals surface area contributed by atoms with Gasteiger partial charge in [-0.25, -0.2) is 4.98 Å². The Bertz CT molecular complexity index is 419. The number of anilines is 1. The number of rotatable bonds is 4. The van der Waals surface area contributed by atoms with Crippen molar-refractivity contribution in [2.75, 3.05) is 24.6 Å². The minimum absolute atomic E-state index is 0.00946. The Morgan fingerprint density at radius 3 is 3.17 bits per heavy atom. The van der Waals surface area contributed by atoms with Gasteiger partial charge >= 0.3 is 0 Å². The predicted octanol–water partition coefficient (Wildman–Crippen LogP) is 1.37. The summed E-state index contributed by atoms with van der Waals surface area (Å²) in [5.41, 5.74) is 6.00. The zero-order valence-electron chi connectivity index (χ0n) is 10.7. The van der Waals surface area contributed by atoms with Crippen molar-refractivity contribution in [3.63, 3.8) is 0 Å². The lowest BCUT2D eigenvalue weighted by Gasteiger charge is -2.33. The van der Waals surface area contributed by atoms with E-state index in [-0.39, 0.29) is 11.9 Å². The van der Waals surface area contributed by atoms with E-state index in [4.69, 9.17) is 15.9 Å². The summed E-state index contributed by atoms with van der Waals surface area (Å²) in [5.74, 6) is 0.891. The largest absolute Gasteiger partial charge is 0.382 e. The summed E-state index contributed by atoms with van der Waals surface area (Å²) in [6, 6.07) is 5.61. The highest BCUT2D eigenvalue weighted by molar-refractivity contribution is 5.93. The lowest BCUT2D eigenvalue weighted by Crippen LogP contribution is -2.40. The minimum atomic E-state index is 0.00946. The topological polar surface area (TPSA) is 75.2 Å². The molecule has 0 aliphatic carbocycles. The molecule has 0 saturated carbocycles. The Morgan fingerprint density at radius 1 is 1.61 bits per heavy atom. The maximum Gasteiger partial charge on any atom is 0.141 e. The van der Waals surface area contributed by atoms with E-state index in [9.17, 15) is 0 Å². The first-order chi connectivity index (χ1) is 8.70. The van der Waals surface area contributed by atoms with Crippen LogP contribution in [0, 0.1) is 5.41 Å². The number of aromatic nitrogens is 1. The van der Waals surface area contributed by atoms with Crippen LogP contribution in [-0.2, 0) is 4.74 Å². The average Bonchev–Trinajstić information content (AvgIpc) is 2.39. The van der Waals surface area contributed by atoms with Crippen molar-refractivity contribution in [3.8, 4) is 0 Å². The summed E-state index contributed by atoms with van der Waals surface area (Å²) in [6.45, 7) is 4.62. The molecule has 1 aromatic heterocycles. The predicted molar refractivity (Wildman–Crippen MR) is 72.1 cm³/mol. The van der Waals surface area contributed by atoms with Crippen molar-refractivity contribution in [2.45, 2.75) is 25.9 Å². The van der Waals surface area contributed by atoms with Crippen LogP contribution in [0.2, 0.25) is 0 Å². The van der Waals surface area contributed by atoms with E-state index in [0.29, 0.717) is 5.69 Å². The van der Waals surface area contributed by atoms with Gasteiger partial charge in [-0.1, -0.05) is 6.07 Å². The van der Waals surface area contributed by atoms with Crippen molar-refractivity contribution >= 4 is 11.7 Å². The summed E-state index contributed by atoms with van der Waals surface area (Å²) in [4.78, 5) is 6.62. The quantitative estimate of drug-likeness (QED) is 0.623. The van der Waals surface area contributed by atoms with E-state index in [0.717, 1.165) is 38.4 Å². The number of nitrogens with zero attached hydrogens (tertiary/aromatic N) is 2. The fraction of sp³-hybridized carbons (Fsp3) is 0.538. The van der Waals surface area contributed by atoms with Gasteiger partial charge in [0.15, 0.2) is 0 Å². The summed E-state index contributed by atoms with van der Waals surface area (Å²) in [6.07, 6.45) is 2.50. The third kappa shape index (κ3) is 2.98. The number of amidine groups is 1. The van der Waals surface area contributed by atoms with Gasteiger partial charge in [-0.05, 0) is 31.9 Å². The second-order valence-electron chi connectivity index (χ2n) is 4.46. The molecule has 2 heterocycles. The van der Waals surface area contributed by atoms with Crippen molar-refractivity contribution in [2.24, 2.45) is 5.73 Å². The van der Waals surface area contributed by atoms with E-state index in [1.807, 2.05) is 19.1 Å². The molecular weight excluding hydrogens is 228 g/mol. The van der Waals surface area contributed by atoms with E-state index in [1.54, 1.807) is 6.07 Å². The van der Waals surface area contributed by atoms with Gasteiger partial charge in [-0.2, -0.15) is 0 Å². The van der Waals surface area contributed by atoms with Crippen molar-refractivity contribution in [1.82, 2.24) is 4.98 Å². The van der Waals surface area contributed by atoms with Gasteiger partial charge in [0.1, 0.15) is 17.3 Å². The molecule has 3 N–H and O–H groups in total. The van der Waals surface area contributed by atoms with Crippen LogP contribution >= 0.6 is 0 Å². The fourth-order valence-electron chi connectivity index (χ4n) is 2.27. The third-order valence-corrected chi connectivity index (χ3v) is 3.11. The molecule has 5 nitrogen and oxygen atoms in total. The van der Waals surface area contributed by atoms with Crippen LogP contribution in [0.25, 0.3) is 0 Å². The van der Waals surface area contributed by atoms with E-state index in [1.165, 1.54) is 0 Å². The van der Waals surface area contributed by atoms with Crippen LogP contribution in [-0.4, -0.2) is 36.6 Å². The van der Waals surface area contributed by atoms with Gasteiger partial charge in [0, 0.05) is 19.7 Å². The van der Waals surface area contributed by atoms with Gasteiger partial charge < -0.3 is 15.4 Å². The molecule has 0 bridgehead atoms. The lowest BCUT2D eigenvalue weighted by atomic mass is 10.1. The Balaban J connectivity index is 2.10. The van der Waals surface area contributed by atoms with Crippen LogP contribution in [0.3, 0.4) is 0 Å². The number of nitrogens with two attached hydrogens (primary N) is 1. The number of pyridine rings is 1. The molecule has 5 heteroatoms. The molecule has 98 valence electrons. The van der Waals surface area contributed by atoms with Gasteiger partial charge in [0.25, 0.3) is 0 Å². The molecule has 1 fully saturated rings. The molecule has 0 radical (unpaired) electrons. The minimum Gasteiger partial charge on any atom is -0.382 e. The van der Waals surface area contributed by atoms with Crippen LogP contribution in [0.15, 0.2) is 18.2 Å². The molecule has 1 saturated heterocycles. The summed E-state index contributed by atoms with van der Waals surface area (Å²) >= 11 is 0. The molecule has 0 aromatic carbocycles. The van der Waals surface area contributed by atoms with Crippen molar-refractivity contribution in [1.29, 1.82) is 5.41 Å². The highest BCUT2D eigenvalue weighted by Crippen LogP contribution is 2.19. The normalized spacial score (nSPS) is 19.8. The summed E-state index contributed by atoms with van der Waals surface area (Å²) in [5, 5.41) is 7.42. The SMILES string of the molecule is CCOC1CCCN(c2cccc(C(=N)N)n2)C1. The van der Waals surface area contributed by atoms with Crippen molar-refractivity contribution < 1.29 is 4.74 Å². The monoisotopic (exact) mass is 248 g/mol. The number of ether oxygens (including phenoxy) is 1. The number of hydrogen-bond acceptors (Lipinski definition) is 4. The molecule has 1 aromatic rings.